The Morgan fingerprint density at radius 1 is 1.17 bits per heavy atom. The molecule has 0 atom stereocenters. The van der Waals surface area contributed by atoms with Crippen LogP contribution in [0.25, 0.3) is 0 Å². The molecule has 0 radical (unpaired) electrons. The molecular formula is C17H20N4O3. The van der Waals surface area contributed by atoms with Crippen LogP contribution in [0.4, 0.5) is 0 Å². The third kappa shape index (κ3) is 3.24. The van der Waals surface area contributed by atoms with Gasteiger partial charge in [-0.25, -0.2) is 4.79 Å². The molecule has 1 aliphatic rings. The zero-order chi connectivity index (χ0) is 17.1. The van der Waals surface area contributed by atoms with E-state index in [9.17, 15) is 14.4 Å². The van der Waals surface area contributed by atoms with Crippen LogP contribution in [0.2, 0.25) is 0 Å². The third-order valence-corrected chi connectivity index (χ3v) is 4.46. The van der Waals surface area contributed by atoms with Gasteiger partial charge >= 0.3 is 5.69 Å². The lowest BCUT2D eigenvalue weighted by atomic mass is 9.96. The van der Waals surface area contributed by atoms with Gasteiger partial charge in [0.05, 0.1) is 6.54 Å². The first-order valence-corrected chi connectivity index (χ1v) is 7.97. The molecule has 1 saturated heterocycles. The lowest BCUT2D eigenvalue weighted by molar-refractivity contribution is -0.123. The first kappa shape index (κ1) is 16.0. The predicted molar refractivity (Wildman–Crippen MR) is 88.4 cm³/mol. The van der Waals surface area contributed by atoms with Crippen LogP contribution in [-0.4, -0.2) is 39.4 Å². The number of carbonyl (C=O) groups excluding carboxylic acids is 2. The molecule has 7 nitrogen and oxygen atoms in total. The molecule has 2 amide bonds. The fraction of sp³-hybridized carbons (Fsp3) is 0.353. The van der Waals surface area contributed by atoms with Gasteiger partial charge in [0.25, 0.3) is 5.91 Å². The van der Waals surface area contributed by atoms with Gasteiger partial charge in [0, 0.05) is 25.2 Å². The van der Waals surface area contributed by atoms with Gasteiger partial charge in [-0.15, -0.1) is 0 Å². The van der Waals surface area contributed by atoms with Gasteiger partial charge in [-0.3, -0.25) is 14.2 Å². The third-order valence-electron chi connectivity index (χ3n) is 4.46. The van der Waals surface area contributed by atoms with E-state index >= 15 is 0 Å². The van der Waals surface area contributed by atoms with Crippen LogP contribution in [0.3, 0.4) is 0 Å². The highest BCUT2D eigenvalue weighted by Crippen LogP contribution is 2.18. The Kier molecular flexibility index (Phi) is 4.50. The van der Waals surface area contributed by atoms with Crippen molar-refractivity contribution >= 4 is 11.8 Å². The zero-order valence-corrected chi connectivity index (χ0v) is 13.3. The number of nitrogens with two attached hydrogens (primary N) is 1. The van der Waals surface area contributed by atoms with Crippen molar-refractivity contribution in [3.63, 3.8) is 0 Å². The van der Waals surface area contributed by atoms with E-state index in [2.05, 4.69) is 4.98 Å². The number of H-pyrrole nitrogens is 1. The summed E-state index contributed by atoms with van der Waals surface area (Å²) in [7, 11) is 0. The van der Waals surface area contributed by atoms with Crippen molar-refractivity contribution in [2.24, 2.45) is 11.7 Å². The van der Waals surface area contributed by atoms with Gasteiger partial charge in [-0.2, -0.15) is 0 Å². The fourth-order valence-electron chi connectivity index (χ4n) is 3.02. The first-order valence-electron chi connectivity index (χ1n) is 7.97. The van der Waals surface area contributed by atoms with Gasteiger partial charge in [0.2, 0.25) is 5.91 Å². The topological polar surface area (TPSA) is 101 Å². The highest BCUT2D eigenvalue weighted by Gasteiger charge is 2.28. The standard InChI is InChI=1S/C17H20N4O3/c18-15(22)13-6-8-20(9-7-13)16(23)14-10-19-17(24)21(14)11-12-4-2-1-3-5-12/h1-5,10,13H,6-9,11H2,(H2,18,22)(H,19,24). The van der Waals surface area contributed by atoms with Gasteiger partial charge in [-0.05, 0) is 18.4 Å². The van der Waals surface area contributed by atoms with Crippen LogP contribution in [0, 0.1) is 5.92 Å². The minimum atomic E-state index is -0.315. The molecule has 1 aromatic carbocycles. The Morgan fingerprint density at radius 2 is 1.83 bits per heavy atom. The number of carbonyl (C=O) groups is 2. The average molecular weight is 328 g/mol. The van der Waals surface area contributed by atoms with Gasteiger partial charge < -0.3 is 15.6 Å². The van der Waals surface area contributed by atoms with E-state index in [0.717, 1.165) is 5.56 Å². The maximum Gasteiger partial charge on any atom is 0.326 e. The second-order valence-electron chi connectivity index (χ2n) is 6.02. The van der Waals surface area contributed by atoms with Crippen LogP contribution in [0.1, 0.15) is 28.9 Å². The van der Waals surface area contributed by atoms with Crippen molar-refractivity contribution in [2.75, 3.05) is 13.1 Å². The van der Waals surface area contributed by atoms with Crippen molar-refractivity contribution in [3.8, 4) is 0 Å². The Bertz CT molecular complexity index is 786. The van der Waals surface area contributed by atoms with Crippen molar-refractivity contribution in [3.05, 3.63) is 58.3 Å². The molecule has 0 spiro atoms. The van der Waals surface area contributed by atoms with Crippen molar-refractivity contribution < 1.29 is 9.59 Å². The van der Waals surface area contributed by atoms with Crippen molar-refractivity contribution in [1.82, 2.24) is 14.5 Å². The lowest BCUT2D eigenvalue weighted by Crippen LogP contribution is -2.42. The summed E-state index contributed by atoms with van der Waals surface area (Å²) in [5, 5.41) is 0. The molecule has 2 aromatic rings. The Morgan fingerprint density at radius 3 is 2.46 bits per heavy atom. The monoisotopic (exact) mass is 328 g/mol. The van der Waals surface area contributed by atoms with E-state index in [-0.39, 0.29) is 23.4 Å². The van der Waals surface area contributed by atoms with E-state index in [1.165, 1.54) is 10.8 Å². The summed E-state index contributed by atoms with van der Waals surface area (Å²) in [6.45, 7) is 1.27. The summed E-state index contributed by atoms with van der Waals surface area (Å²) in [6, 6.07) is 9.50. The molecule has 7 heteroatoms. The Labute approximate surface area is 139 Å². The highest BCUT2D eigenvalue weighted by atomic mass is 16.2. The minimum absolute atomic E-state index is 0.174. The minimum Gasteiger partial charge on any atom is -0.369 e. The number of imidazole rings is 1. The van der Waals surface area contributed by atoms with Crippen LogP contribution >= 0.6 is 0 Å². The molecule has 0 aliphatic carbocycles. The molecule has 1 aliphatic heterocycles. The smallest absolute Gasteiger partial charge is 0.326 e. The second kappa shape index (κ2) is 6.74. The summed E-state index contributed by atoms with van der Waals surface area (Å²) >= 11 is 0. The summed E-state index contributed by atoms with van der Waals surface area (Å²) in [4.78, 5) is 40.3. The number of aromatic nitrogens is 2. The summed E-state index contributed by atoms with van der Waals surface area (Å²) in [5.41, 5.74) is 6.29. The molecule has 0 unspecified atom stereocenters. The molecule has 0 saturated carbocycles. The fourth-order valence-corrected chi connectivity index (χ4v) is 3.02. The number of aromatic amines is 1. The van der Waals surface area contributed by atoms with E-state index < -0.39 is 0 Å². The highest BCUT2D eigenvalue weighted by molar-refractivity contribution is 5.92. The maximum atomic E-state index is 12.7. The summed E-state index contributed by atoms with van der Waals surface area (Å²) in [6.07, 6.45) is 2.58. The first-order chi connectivity index (χ1) is 11.6. The molecule has 3 rings (SSSR count). The van der Waals surface area contributed by atoms with Gasteiger partial charge in [-0.1, -0.05) is 30.3 Å². The lowest BCUT2D eigenvalue weighted by Gasteiger charge is -2.30. The number of piperidine rings is 1. The molecule has 2 heterocycles. The van der Waals surface area contributed by atoms with Crippen LogP contribution < -0.4 is 11.4 Å². The number of benzene rings is 1. The second-order valence-corrected chi connectivity index (χ2v) is 6.02. The summed E-state index contributed by atoms with van der Waals surface area (Å²) in [5.74, 6) is -0.691. The Hall–Kier alpha value is -2.83. The van der Waals surface area contributed by atoms with Crippen LogP contribution in [-0.2, 0) is 11.3 Å². The number of rotatable bonds is 4. The van der Waals surface area contributed by atoms with E-state index in [1.54, 1.807) is 4.90 Å². The van der Waals surface area contributed by atoms with Gasteiger partial charge in [0.1, 0.15) is 5.69 Å². The van der Waals surface area contributed by atoms with Crippen molar-refractivity contribution in [2.45, 2.75) is 19.4 Å². The van der Waals surface area contributed by atoms with E-state index in [1.807, 2.05) is 30.3 Å². The van der Waals surface area contributed by atoms with Crippen LogP contribution in [0.5, 0.6) is 0 Å². The Balaban J connectivity index is 1.77. The maximum absolute atomic E-state index is 12.7. The molecule has 1 fully saturated rings. The molecule has 126 valence electrons. The predicted octanol–water partition coefficient (Wildman–Crippen LogP) is 0.562. The number of hydrogen-bond acceptors (Lipinski definition) is 3. The number of nitrogens with zero attached hydrogens (tertiary/aromatic N) is 2. The van der Waals surface area contributed by atoms with E-state index in [4.69, 9.17) is 5.73 Å². The quantitative estimate of drug-likeness (QED) is 0.857. The number of likely N-dealkylation sites (tertiary alicyclic amines) is 1. The van der Waals surface area contributed by atoms with Gasteiger partial charge in [0.15, 0.2) is 0 Å². The van der Waals surface area contributed by atoms with Crippen molar-refractivity contribution in [1.29, 1.82) is 0 Å². The number of nitrogens with one attached hydrogen (secondary N) is 1. The molecule has 1 aromatic heterocycles. The molecule has 3 N–H and O–H groups in total. The zero-order valence-electron chi connectivity index (χ0n) is 13.3. The summed E-state index contributed by atoms with van der Waals surface area (Å²) < 4.78 is 1.44. The number of hydrogen-bond donors (Lipinski definition) is 2. The molecule has 24 heavy (non-hydrogen) atoms. The molecular weight excluding hydrogens is 308 g/mol. The van der Waals surface area contributed by atoms with E-state index in [0.29, 0.717) is 38.2 Å². The SMILES string of the molecule is NC(=O)C1CCN(C(=O)c2c[nH]c(=O)n2Cc2ccccc2)CC1. The van der Waals surface area contributed by atoms with Crippen LogP contribution in [0.15, 0.2) is 41.3 Å². The largest absolute Gasteiger partial charge is 0.369 e. The average Bonchev–Trinajstić information content (AvgIpc) is 2.96. The number of amides is 2. The number of primary amides is 1. The normalized spacial score (nSPS) is 15.4. The molecule has 0 bridgehead atoms.